The lowest BCUT2D eigenvalue weighted by molar-refractivity contribution is 0.0913. The molecule has 2 aromatic rings. The zero-order valence-electron chi connectivity index (χ0n) is 12.2. The van der Waals surface area contributed by atoms with Crippen LogP contribution in [0.25, 0.3) is 0 Å². The molecule has 5 nitrogen and oxygen atoms in total. The molecule has 2 N–H and O–H groups in total. The highest BCUT2D eigenvalue weighted by Gasteiger charge is 2.11. The number of amides is 1. The molecule has 1 aromatic carbocycles. The largest absolute Gasteiger partial charge is 0.485 e. The molecule has 0 aliphatic rings. The molecule has 0 spiro atoms. The monoisotopic (exact) mass is 289 g/mol. The highest BCUT2D eigenvalue weighted by molar-refractivity contribution is 5.91. The summed E-state index contributed by atoms with van der Waals surface area (Å²) in [6.07, 6.45) is 0. The Morgan fingerprint density at radius 1 is 1.29 bits per heavy atom. The van der Waals surface area contributed by atoms with Gasteiger partial charge in [0.15, 0.2) is 5.76 Å². The summed E-state index contributed by atoms with van der Waals surface area (Å²) in [5.74, 6) is 1.23. The number of benzene rings is 1. The maximum atomic E-state index is 11.6. The summed E-state index contributed by atoms with van der Waals surface area (Å²) >= 11 is 0. The molecule has 0 aliphatic carbocycles. The van der Waals surface area contributed by atoms with Gasteiger partial charge < -0.3 is 19.6 Å². The van der Waals surface area contributed by atoms with Gasteiger partial charge in [-0.1, -0.05) is 17.7 Å². The Kier molecular flexibility index (Phi) is 5.00. The van der Waals surface area contributed by atoms with Crippen molar-refractivity contribution in [1.82, 2.24) is 5.32 Å². The molecule has 0 aliphatic heterocycles. The molecule has 5 heteroatoms. The fraction of sp³-hybridized carbons (Fsp3) is 0.312. The minimum Gasteiger partial charge on any atom is -0.485 e. The van der Waals surface area contributed by atoms with E-state index >= 15 is 0 Å². The second-order valence-electron chi connectivity index (χ2n) is 4.80. The summed E-state index contributed by atoms with van der Waals surface area (Å²) in [7, 11) is 0. The van der Waals surface area contributed by atoms with Gasteiger partial charge in [-0.3, -0.25) is 4.79 Å². The van der Waals surface area contributed by atoms with Gasteiger partial charge in [0, 0.05) is 6.54 Å². The second-order valence-corrected chi connectivity index (χ2v) is 4.80. The van der Waals surface area contributed by atoms with Gasteiger partial charge in [0.05, 0.1) is 6.61 Å². The van der Waals surface area contributed by atoms with E-state index < -0.39 is 0 Å². The lowest BCUT2D eigenvalue weighted by Gasteiger charge is -2.08. The van der Waals surface area contributed by atoms with Gasteiger partial charge in [0.1, 0.15) is 18.1 Å². The number of aryl methyl sites for hydroxylation is 2. The smallest absolute Gasteiger partial charge is 0.287 e. The third-order valence-corrected chi connectivity index (χ3v) is 2.98. The number of carbonyl (C=O) groups is 1. The molecule has 21 heavy (non-hydrogen) atoms. The Hall–Kier alpha value is -2.27. The first-order valence-corrected chi connectivity index (χ1v) is 6.78. The maximum absolute atomic E-state index is 11.6. The Morgan fingerprint density at radius 3 is 2.81 bits per heavy atom. The third-order valence-electron chi connectivity index (χ3n) is 2.98. The molecular weight excluding hydrogens is 270 g/mol. The molecule has 0 atom stereocenters. The summed E-state index contributed by atoms with van der Waals surface area (Å²) < 4.78 is 11.1. The molecule has 0 fully saturated rings. The highest BCUT2D eigenvalue weighted by Crippen LogP contribution is 2.20. The SMILES string of the molecule is Cc1ccc(OCc2ccc(C(=O)NCCO)o2)c(C)c1. The number of ether oxygens (including phenoxy) is 1. The summed E-state index contributed by atoms with van der Waals surface area (Å²) in [6.45, 7) is 4.37. The zero-order valence-corrected chi connectivity index (χ0v) is 12.2. The van der Waals surface area contributed by atoms with Crippen molar-refractivity contribution in [3.05, 3.63) is 53.0 Å². The van der Waals surface area contributed by atoms with E-state index in [1.807, 2.05) is 32.0 Å². The first-order chi connectivity index (χ1) is 10.1. The van der Waals surface area contributed by atoms with Crippen molar-refractivity contribution in [2.45, 2.75) is 20.5 Å². The summed E-state index contributed by atoms with van der Waals surface area (Å²) in [4.78, 5) is 11.6. The number of rotatable bonds is 6. The van der Waals surface area contributed by atoms with Gasteiger partial charge in [0.25, 0.3) is 5.91 Å². The number of aliphatic hydroxyl groups excluding tert-OH is 1. The maximum Gasteiger partial charge on any atom is 0.287 e. The molecule has 0 bridgehead atoms. The van der Waals surface area contributed by atoms with E-state index in [1.54, 1.807) is 12.1 Å². The number of aliphatic hydroxyl groups is 1. The van der Waals surface area contributed by atoms with Crippen LogP contribution < -0.4 is 10.1 Å². The number of nitrogens with one attached hydrogen (secondary N) is 1. The average molecular weight is 289 g/mol. The van der Waals surface area contributed by atoms with Crippen molar-refractivity contribution in [2.75, 3.05) is 13.2 Å². The molecule has 1 heterocycles. The van der Waals surface area contributed by atoms with Gasteiger partial charge in [-0.15, -0.1) is 0 Å². The van der Waals surface area contributed by atoms with Gasteiger partial charge in [0.2, 0.25) is 0 Å². The average Bonchev–Trinajstić information content (AvgIpc) is 2.93. The number of furan rings is 1. The van der Waals surface area contributed by atoms with Crippen molar-refractivity contribution in [1.29, 1.82) is 0 Å². The normalized spacial score (nSPS) is 10.4. The number of hydrogen-bond acceptors (Lipinski definition) is 4. The standard InChI is InChI=1S/C16H19NO4/c1-11-3-5-14(12(2)9-11)20-10-13-4-6-15(21-13)16(19)17-7-8-18/h3-6,9,18H,7-8,10H2,1-2H3,(H,17,19). The quantitative estimate of drug-likeness (QED) is 0.855. The van der Waals surface area contributed by atoms with Crippen LogP contribution >= 0.6 is 0 Å². The minimum atomic E-state index is -0.346. The van der Waals surface area contributed by atoms with Crippen LogP contribution in [0.5, 0.6) is 5.75 Å². The lowest BCUT2D eigenvalue weighted by atomic mass is 10.1. The zero-order chi connectivity index (χ0) is 15.2. The Balaban J connectivity index is 1.95. The Morgan fingerprint density at radius 2 is 2.10 bits per heavy atom. The summed E-state index contributed by atoms with van der Waals surface area (Å²) in [5, 5.41) is 11.2. The fourth-order valence-electron chi connectivity index (χ4n) is 1.94. The van der Waals surface area contributed by atoms with Crippen LogP contribution in [0, 0.1) is 13.8 Å². The molecule has 112 valence electrons. The van der Waals surface area contributed by atoms with Crippen LogP contribution in [0.4, 0.5) is 0 Å². The fourth-order valence-corrected chi connectivity index (χ4v) is 1.94. The summed E-state index contributed by atoms with van der Waals surface area (Å²) in [6, 6.07) is 9.25. The second kappa shape index (κ2) is 6.95. The van der Waals surface area contributed by atoms with Gasteiger partial charge in [-0.05, 0) is 37.6 Å². The molecule has 0 radical (unpaired) electrons. The highest BCUT2D eigenvalue weighted by atomic mass is 16.5. The Labute approximate surface area is 123 Å². The van der Waals surface area contributed by atoms with Gasteiger partial charge >= 0.3 is 0 Å². The number of hydrogen-bond donors (Lipinski definition) is 2. The third kappa shape index (κ3) is 4.10. The van der Waals surface area contributed by atoms with E-state index in [0.717, 1.165) is 11.3 Å². The predicted molar refractivity (Wildman–Crippen MR) is 78.4 cm³/mol. The predicted octanol–water partition coefficient (Wildman–Crippen LogP) is 2.20. The molecule has 1 aromatic heterocycles. The van der Waals surface area contributed by atoms with Crippen LogP contribution in [0.1, 0.15) is 27.4 Å². The van der Waals surface area contributed by atoms with Gasteiger partial charge in [-0.2, -0.15) is 0 Å². The van der Waals surface area contributed by atoms with Crippen molar-refractivity contribution in [2.24, 2.45) is 0 Å². The van der Waals surface area contributed by atoms with Crippen molar-refractivity contribution in [3.8, 4) is 5.75 Å². The first kappa shape index (κ1) is 15.1. The van der Waals surface area contributed by atoms with Crippen molar-refractivity contribution >= 4 is 5.91 Å². The topological polar surface area (TPSA) is 71.7 Å². The number of carbonyl (C=O) groups excluding carboxylic acids is 1. The molecule has 0 unspecified atom stereocenters. The van der Waals surface area contributed by atoms with E-state index in [4.69, 9.17) is 14.3 Å². The Bertz CT molecular complexity index is 618. The van der Waals surface area contributed by atoms with Crippen molar-refractivity contribution < 1.29 is 19.1 Å². The lowest BCUT2D eigenvalue weighted by Crippen LogP contribution is -2.25. The van der Waals surface area contributed by atoms with E-state index in [-0.39, 0.29) is 31.4 Å². The van der Waals surface area contributed by atoms with Crippen LogP contribution in [-0.4, -0.2) is 24.2 Å². The van der Waals surface area contributed by atoms with Gasteiger partial charge in [-0.25, -0.2) is 0 Å². The summed E-state index contributed by atoms with van der Waals surface area (Å²) in [5.41, 5.74) is 2.24. The molecular formula is C16H19NO4. The molecule has 2 rings (SSSR count). The van der Waals surface area contributed by atoms with E-state index in [9.17, 15) is 4.79 Å². The van der Waals surface area contributed by atoms with Crippen LogP contribution in [0.2, 0.25) is 0 Å². The van der Waals surface area contributed by atoms with Crippen LogP contribution in [-0.2, 0) is 6.61 Å². The molecule has 0 saturated carbocycles. The van der Waals surface area contributed by atoms with E-state index in [1.165, 1.54) is 5.56 Å². The van der Waals surface area contributed by atoms with Crippen LogP contribution in [0.15, 0.2) is 34.7 Å². The van der Waals surface area contributed by atoms with E-state index in [2.05, 4.69) is 5.32 Å². The van der Waals surface area contributed by atoms with Crippen LogP contribution in [0.3, 0.4) is 0 Å². The minimum absolute atomic E-state index is 0.102. The van der Waals surface area contributed by atoms with Crippen molar-refractivity contribution in [3.63, 3.8) is 0 Å². The molecule has 0 saturated heterocycles. The van der Waals surface area contributed by atoms with E-state index in [0.29, 0.717) is 5.76 Å². The first-order valence-electron chi connectivity index (χ1n) is 6.78. The molecule has 1 amide bonds.